The highest BCUT2D eigenvalue weighted by atomic mass is 19.4. The van der Waals surface area contributed by atoms with E-state index in [1.807, 2.05) is 0 Å². The monoisotopic (exact) mass is 267 g/mol. The largest absolute Gasteiger partial charge is 0.401 e. The Morgan fingerprint density at radius 3 is 1.61 bits per heavy atom. The van der Waals surface area contributed by atoms with Gasteiger partial charge in [-0.05, 0) is 13.0 Å². The van der Waals surface area contributed by atoms with Gasteiger partial charge in [0.15, 0.2) is 0 Å². The second-order valence-corrected chi connectivity index (χ2v) is 4.97. The number of hydrogen-bond donors (Lipinski definition) is 1. The van der Waals surface area contributed by atoms with Crippen molar-refractivity contribution in [1.29, 1.82) is 0 Å². The molecule has 110 valence electrons. The molecule has 0 spiro atoms. The van der Waals surface area contributed by atoms with Crippen LogP contribution in [0.25, 0.3) is 0 Å². The van der Waals surface area contributed by atoms with Gasteiger partial charge in [-0.2, -0.15) is 13.2 Å². The van der Waals surface area contributed by atoms with E-state index in [1.165, 1.54) is 44.9 Å². The molecule has 0 saturated heterocycles. The van der Waals surface area contributed by atoms with Crippen LogP contribution < -0.4 is 5.32 Å². The third-order valence-electron chi connectivity index (χ3n) is 3.03. The fourth-order valence-corrected chi connectivity index (χ4v) is 1.97. The zero-order valence-corrected chi connectivity index (χ0v) is 11.6. The van der Waals surface area contributed by atoms with E-state index in [-0.39, 0.29) is 0 Å². The Labute approximate surface area is 110 Å². The summed E-state index contributed by atoms with van der Waals surface area (Å²) in [6, 6.07) is 0. The van der Waals surface area contributed by atoms with Gasteiger partial charge in [0.2, 0.25) is 0 Å². The molecule has 0 amide bonds. The quantitative estimate of drug-likeness (QED) is 0.487. The number of unbranched alkanes of at least 4 members (excludes halogenated alkanes) is 9. The van der Waals surface area contributed by atoms with Crippen LogP contribution in [0.15, 0.2) is 0 Å². The van der Waals surface area contributed by atoms with Crippen molar-refractivity contribution in [2.75, 3.05) is 13.1 Å². The number of rotatable bonds is 12. The summed E-state index contributed by atoms with van der Waals surface area (Å²) in [7, 11) is 0. The van der Waals surface area contributed by atoms with Crippen LogP contribution in [0, 0.1) is 0 Å². The molecule has 0 heterocycles. The molecule has 0 unspecified atom stereocenters. The number of hydrogen-bond acceptors (Lipinski definition) is 1. The van der Waals surface area contributed by atoms with Crippen LogP contribution in [0.1, 0.15) is 71.1 Å². The Morgan fingerprint density at radius 2 is 1.17 bits per heavy atom. The minimum atomic E-state index is -4.07. The van der Waals surface area contributed by atoms with Crippen LogP contribution in [0.2, 0.25) is 0 Å². The van der Waals surface area contributed by atoms with E-state index in [9.17, 15) is 13.2 Å². The van der Waals surface area contributed by atoms with E-state index >= 15 is 0 Å². The highest BCUT2D eigenvalue weighted by Gasteiger charge is 2.25. The van der Waals surface area contributed by atoms with Gasteiger partial charge in [0.05, 0.1) is 6.54 Å². The smallest absolute Gasteiger partial charge is 0.309 e. The average Bonchev–Trinajstić information content (AvgIpc) is 2.29. The Bertz CT molecular complexity index is 169. The van der Waals surface area contributed by atoms with E-state index in [0.717, 1.165) is 19.3 Å². The van der Waals surface area contributed by atoms with Gasteiger partial charge in [-0.1, -0.05) is 64.7 Å². The number of halogens is 3. The minimum Gasteiger partial charge on any atom is -0.309 e. The van der Waals surface area contributed by atoms with Gasteiger partial charge in [0, 0.05) is 0 Å². The van der Waals surface area contributed by atoms with Crippen molar-refractivity contribution < 1.29 is 13.2 Å². The second kappa shape index (κ2) is 11.8. The Kier molecular flexibility index (Phi) is 11.7. The van der Waals surface area contributed by atoms with Crippen LogP contribution in [0.5, 0.6) is 0 Å². The third kappa shape index (κ3) is 15.8. The topological polar surface area (TPSA) is 12.0 Å². The molecular formula is C14H28F3N. The van der Waals surface area contributed by atoms with Crippen molar-refractivity contribution >= 4 is 0 Å². The van der Waals surface area contributed by atoms with Crippen molar-refractivity contribution in [3.63, 3.8) is 0 Å². The first-order valence-corrected chi connectivity index (χ1v) is 7.33. The van der Waals surface area contributed by atoms with Crippen LogP contribution in [0.3, 0.4) is 0 Å². The second-order valence-electron chi connectivity index (χ2n) is 4.97. The average molecular weight is 267 g/mol. The highest BCUT2D eigenvalue weighted by molar-refractivity contribution is 4.56. The maximum Gasteiger partial charge on any atom is 0.401 e. The molecule has 0 radical (unpaired) electrons. The van der Waals surface area contributed by atoms with Crippen LogP contribution >= 0.6 is 0 Å². The van der Waals surface area contributed by atoms with Crippen LogP contribution in [-0.4, -0.2) is 19.3 Å². The number of nitrogens with one attached hydrogen (secondary N) is 1. The van der Waals surface area contributed by atoms with Gasteiger partial charge >= 0.3 is 6.18 Å². The molecule has 0 aliphatic carbocycles. The maximum atomic E-state index is 11.8. The van der Waals surface area contributed by atoms with E-state index in [4.69, 9.17) is 0 Å². The SMILES string of the molecule is CCCCCCCCCCCCNCC(F)(F)F. The normalized spacial score (nSPS) is 12.0. The first-order valence-electron chi connectivity index (χ1n) is 7.33. The minimum absolute atomic E-state index is 0.482. The summed E-state index contributed by atoms with van der Waals surface area (Å²) in [5.74, 6) is 0. The summed E-state index contributed by atoms with van der Waals surface area (Å²) < 4.78 is 35.4. The molecule has 0 aliphatic heterocycles. The van der Waals surface area contributed by atoms with Gasteiger partial charge in [0.25, 0.3) is 0 Å². The lowest BCUT2D eigenvalue weighted by Gasteiger charge is -2.07. The van der Waals surface area contributed by atoms with Crippen molar-refractivity contribution in [2.24, 2.45) is 0 Å². The van der Waals surface area contributed by atoms with Crippen LogP contribution in [0.4, 0.5) is 13.2 Å². The molecule has 0 aromatic rings. The van der Waals surface area contributed by atoms with Crippen molar-refractivity contribution in [3.8, 4) is 0 Å². The van der Waals surface area contributed by atoms with Crippen molar-refractivity contribution in [1.82, 2.24) is 5.32 Å². The molecule has 0 atom stereocenters. The summed E-state index contributed by atoms with van der Waals surface area (Å²) in [6.07, 6.45) is 8.09. The molecule has 0 aromatic heterocycles. The van der Waals surface area contributed by atoms with Gasteiger partial charge in [-0.15, -0.1) is 0 Å². The van der Waals surface area contributed by atoms with E-state index < -0.39 is 12.7 Å². The van der Waals surface area contributed by atoms with Gasteiger partial charge in [-0.25, -0.2) is 0 Å². The standard InChI is InChI=1S/C14H28F3N/c1-2-3-4-5-6-7-8-9-10-11-12-18-13-14(15,16)17/h18H,2-13H2,1H3. The Balaban J connectivity index is 2.99. The maximum absolute atomic E-state index is 11.8. The summed E-state index contributed by atoms with van der Waals surface area (Å²) in [5.41, 5.74) is 0. The van der Waals surface area contributed by atoms with Crippen molar-refractivity contribution in [2.45, 2.75) is 77.3 Å². The Morgan fingerprint density at radius 1 is 0.722 bits per heavy atom. The molecule has 0 aromatic carbocycles. The predicted octanol–water partition coefficient (Wildman–Crippen LogP) is 5.06. The lowest BCUT2D eigenvalue weighted by atomic mass is 10.1. The third-order valence-corrected chi connectivity index (χ3v) is 3.03. The molecule has 0 rings (SSSR count). The van der Waals surface area contributed by atoms with Gasteiger partial charge in [0.1, 0.15) is 0 Å². The molecule has 0 bridgehead atoms. The molecule has 1 N–H and O–H groups in total. The molecule has 18 heavy (non-hydrogen) atoms. The summed E-state index contributed by atoms with van der Waals surface area (Å²) in [4.78, 5) is 0. The molecule has 0 fully saturated rings. The highest BCUT2D eigenvalue weighted by Crippen LogP contribution is 2.12. The number of alkyl halides is 3. The fraction of sp³-hybridized carbons (Fsp3) is 1.00. The summed E-state index contributed by atoms with van der Waals surface area (Å²) >= 11 is 0. The first-order chi connectivity index (χ1) is 8.56. The zero-order chi connectivity index (χ0) is 13.7. The predicted molar refractivity (Wildman–Crippen MR) is 70.8 cm³/mol. The molecule has 0 aliphatic rings. The lowest BCUT2D eigenvalue weighted by molar-refractivity contribution is -0.124. The summed E-state index contributed by atoms with van der Waals surface area (Å²) in [5, 5.41) is 2.43. The van der Waals surface area contributed by atoms with E-state index in [0.29, 0.717) is 6.54 Å². The van der Waals surface area contributed by atoms with Gasteiger partial charge in [-0.3, -0.25) is 0 Å². The van der Waals surface area contributed by atoms with Crippen LogP contribution in [-0.2, 0) is 0 Å². The van der Waals surface area contributed by atoms with Crippen molar-refractivity contribution in [3.05, 3.63) is 0 Å². The Hall–Kier alpha value is -0.250. The molecule has 1 nitrogen and oxygen atoms in total. The molecule has 0 saturated carbocycles. The first kappa shape index (κ1) is 17.8. The molecular weight excluding hydrogens is 239 g/mol. The summed E-state index contributed by atoms with van der Waals surface area (Å²) in [6.45, 7) is 1.84. The molecule has 4 heteroatoms. The van der Waals surface area contributed by atoms with E-state index in [1.54, 1.807) is 0 Å². The zero-order valence-electron chi connectivity index (χ0n) is 11.6. The van der Waals surface area contributed by atoms with E-state index in [2.05, 4.69) is 12.2 Å². The fourth-order valence-electron chi connectivity index (χ4n) is 1.97. The lowest BCUT2D eigenvalue weighted by Crippen LogP contribution is -2.29. The van der Waals surface area contributed by atoms with Gasteiger partial charge < -0.3 is 5.32 Å².